The predicted octanol–water partition coefficient (Wildman–Crippen LogP) is -0.368. The lowest BCUT2D eigenvalue weighted by Gasteiger charge is -2.30. The van der Waals surface area contributed by atoms with Crippen molar-refractivity contribution in [2.45, 2.75) is 19.5 Å². The number of nitrogens with one attached hydrogen (secondary N) is 1. The highest BCUT2D eigenvalue weighted by atomic mass is 16.2. The first-order valence-electron chi connectivity index (χ1n) is 5.96. The maximum atomic E-state index is 11.9. The van der Waals surface area contributed by atoms with Crippen LogP contribution in [-0.4, -0.2) is 35.2 Å². The molecule has 19 heavy (non-hydrogen) atoms. The minimum Gasteiger partial charge on any atom is -0.366 e. The molecule has 1 fully saturated rings. The summed E-state index contributed by atoms with van der Waals surface area (Å²) in [7, 11) is 0. The van der Waals surface area contributed by atoms with Crippen LogP contribution in [0.15, 0.2) is 24.3 Å². The number of primary amides is 1. The number of nitrogens with two attached hydrogens (primary N) is 1. The van der Waals surface area contributed by atoms with Crippen LogP contribution in [0.1, 0.15) is 22.8 Å². The molecule has 0 saturated carbocycles. The lowest BCUT2D eigenvalue weighted by molar-refractivity contribution is -0.149. The number of hydrogen-bond acceptors (Lipinski definition) is 4. The number of piperazine rings is 1. The van der Waals surface area contributed by atoms with Crippen LogP contribution in [0.25, 0.3) is 0 Å². The molecular weight excluding hydrogens is 246 g/mol. The van der Waals surface area contributed by atoms with E-state index in [0.717, 1.165) is 4.90 Å². The van der Waals surface area contributed by atoms with E-state index in [1.54, 1.807) is 31.2 Å². The summed E-state index contributed by atoms with van der Waals surface area (Å²) in [6, 6.07) is 6.29. The molecule has 1 aromatic rings. The molecular formula is C13H15N3O3. The van der Waals surface area contributed by atoms with Gasteiger partial charge in [-0.3, -0.25) is 24.6 Å². The van der Waals surface area contributed by atoms with E-state index < -0.39 is 11.9 Å². The Balaban J connectivity index is 2.27. The monoisotopic (exact) mass is 261 g/mol. The van der Waals surface area contributed by atoms with Crippen molar-refractivity contribution >= 4 is 17.7 Å². The molecule has 1 heterocycles. The van der Waals surface area contributed by atoms with Gasteiger partial charge in [-0.15, -0.1) is 0 Å². The first-order valence-corrected chi connectivity index (χ1v) is 5.96. The zero-order valence-electron chi connectivity index (χ0n) is 10.6. The van der Waals surface area contributed by atoms with Gasteiger partial charge in [-0.1, -0.05) is 18.2 Å². The molecule has 1 unspecified atom stereocenters. The Hall–Kier alpha value is -2.21. The average molecular weight is 261 g/mol. The van der Waals surface area contributed by atoms with E-state index in [4.69, 9.17) is 5.73 Å². The fourth-order valence-corrected chi connectivity index (χ4v) is 2.01. The molecule has 1 aliphatic rings. The Labute approximate surface area is 110 Å². The van der Waals surface area contributed by atoms with Crippen LogP contribution in [0.4, 0.5) is 0 Å². The van der Waals surface area contributed by atoms with Crippen LogP contribution in [0.5, 0.6) is 0 Å². The molecule has 1 aliphatic heterocycles. The van der Waals surface area contributed by atoms with Gasteiger partial charge in [0.25, 0.3) is 0 Å². The Morgan fingerprint density at radius 3 is 2.79 bits per heavy atom. The standard InChI is InChI=1S/C13H15N3O3/c1-8-13(19)16(11(17)6-15-8)7-9-4-2-3-5-10(9)12(14)18/h2-5,8,15H,6-7H2,1H3,(H2,14,18). The van der Waals surface area contributed by atoms with E-state index in [2.05, 4.69) is 5.32 Å². The first kappa shape index (κ1) is 13.2. The van der Waals surface area contributed by atoms with E-state index in [1.165, 1.54) is 0 Å². The molecule has 1 saturated heterocycles. The SMILES string of the molecule is CC1NCC(=O)N(Cc2ccccc2C(N)=O)C1=O. The summed E-state index contributed by atoms with van der Waals surface area (Å²) in [5.41, 5.74) is 6.18. The van der Waals surface area contributed by atoms with Crippen molar-refractivity contribution in [3.8, 4) is 0 Å². The third-order valence-corrected chi connectivity index (χ3v) is 3.11. The lowest BCUT2D eigenvalue weighted by atomic mass is 10.1. The summed E-state index contributed by atoms with van der Waals surface area (Å²) in [5, 5.41) is 2.80. The van der Waals surface area contributed by atoms with Crippen LogP contribution in [0, 0.1) is 0 Å². The fourth-order valence-electron chi connectivity index (χ4n) is 2.01. The van der Waals surface area contributed by atoms with Gasteiger partial charge in [-0.05, 0) is 18.6 Å². The van der Waals surface area contributed by atoms with E-state index in [9.17, 15) is 14.4 Å². The summed E-state index contributed by atoms with van der Waals surface area (Å²) >= 11 is 0. The van der Waals surface area contributed by atoms with Crippen molar-refractivity contribution in [3.63, 3.8) is 0 Å². The molecule has 6 heteroatoms. The van der Waals surface area contributed by atoms with Crippen molar-refractivity contribution in [2.24, 2.45) is 5.73 Å². The van der Waals surface area contributed by atoms with Gasteiger partial charge in [0.2, 0.25) is 17.7 Å². The molecule has 3 N–H and O–H groups in total. The van der Waals surface area contributed by atoms with Crippen LogP contribution in [0.3, 0.4) is 0 Å². The minimum absolute atomic E-state index is 0.0722. The van der Waals surface area contributed by atoms with Crippen molar-refractivity contribution in [1.82, 2.24) is 10.2 Å². The van der Waals surface area contributed by atoms with Crippen molar-refractivity contribution < 1.29 is 14.4 Å². The van der Waals surface area contributed by atoms with Crippen molar-refractivity contribution in [2.75, 3.05) is 6.54 Å². The van der Waals surface area contributed by atoms with Crippen LogP contribution in [-0.2, 0) is 16.1 Å². The summed E-state index contributed by atoms with van der Waals surface area (Å²) < 4.78 is 0. The third-order valence-electron chi connectivity index (χ3n) is 3.11. The molecule has 0 spiro atoms. The molecule has 3 amide bonds. The first-order chi connectivity index (χ1) is 9.00. The highest BCUT2D eigenvalue weighted by Crippen LogP contribution is 2.14. The Bertz CT molecular complexity index is 542. The number of rotatable bonds is 3. The topological polar surface area (TPSA) is 92.5 Å². The van der Waals surface area contributed by atoms with Crippen molar-refractivity contribution in [1.29, 1.82) is 0 Å². The number of hydrogen-bond donors (Lipinski definition) is 2. The third kappa shape index (κ3) is 2.63. The van der Waals surface area contributed by atoms with Crippen LogP contribution < -0.4 is 11.1 Å². The maximum Gasteiger partial charge on any atom is 0.249 e. The molecule has 0 aliphatic carbocycles. The van der Waals surface area contributed by atoms with Gasteiger partial charge in [0.05, 0.1) is 19.1 Å². The van der Waals surface area contributed by atoms with Gasteiger partial charge in [-0.25, -0.2) is 0 Å². The number of nitrogens with zero attached hydrogens (tertiary/aromatic N) is 1. The van der Waals surface area contributed by atoms with Gasteiger partial charge < -0.3 is 5.73 Å². The maximum absolute atomic E-state index is 11.9. The van der Waals surface area contributed by atoms with Gasteiger partial charge in [0, 0.05) is 5.56 Å². The summed E-state index contributed by atoms with van der Waals surface area (Å²) in [4.78, 5) is 36.2. The largest absolute Gasteiger partial charge is 0.366 e. The summed E-state index contributed by atoms with van der Waals surface area (Å²) in [6.07, 6.45) is 0. The smallest absolute Gasteiger partial charge is 0.249 e. The summed E-state index contributed by atoms with van der Waals surface area (Å²) in [6.45, 7) is 1.89. The van der Waals surface area contributed by atoms with Crippen LogP contribution >= 0.6 is 0 Å². The quantitative estimate of drug-likeness (QED) is 0.726. The van der Waals surface area contributed by atoms with Crippen molar-refractivity contribution in [3.05, 3.63) is 35.4 Å². The van der Waals surface area contributed by atoms with Gasteiger partial charge in [-0.2, -0.15) is 0 Å². The molecule has 0 aromatic heterocycles. The second-order valence-corrected chi connectivity index (χ2v) is 4.44. The lowest BCUT2D eigenvalue weighted by Crippen LogP contribution is -2.56. The normalized spacial score (nSPS) is 19.6. The fraction of sp³-hybridized carbons (Fsp3) is 0.308. The number of imide groups is 1. The van der Waals surface area contributed by atoms with E-state index in [1.807, 2.05) is 0 Å². The van der Waals surface area contributed by atoms with E-state index in [-0.39, 0.29) is 24.9 Å². The van der Waals surface area contributed by atoms with Gasteiger partial charge in [0.1, 0.15) is 0 Å². The minimum atomic E-state index is -0.571. The number of carbonyl (C=O) groups excluding carboxylic acids is 3. The zero-order chi connectivity index (χ0) is 14.0. The van der Waals surface area contributed by atoms with Crippen LogP contribution in [0.2, 0.25) is 0 Å². The van der Waals surface area contributed by atoms with Gasteiger partial charge >= 0.3 is 0 Å². The van der Waals surface area contributed by atoms with E-state index in [0.29, 0.717) is 11.1 Å². The number of carbonyl (C=O) groups is 3. The summed E-state index contributed by atoms with van der Waals surface area (Å²) in [5.74, 6) is -1.17. The predicted molar refractivity (Wildman–Crippen MR) is 68.0 cm³/mol. The molecule has 1 aromatic carbocycles. The molecule has 0 radical (unpaired) electrons. The Morgan fingerprint density at radius 1 is 1.42 bits per heavy atom. The molecule has 100 valence electrons. The average Bonchev–Trinajstić information content (AvgIpc) is 2.39. The number of benzene rings is 1. The zero-order valence-corrected chi connectivity index (χ0v) is 10.6. The van der Waals surface area contributed by atoms with Gasteiger partial charge in [0.15, 0.2) is 0 Å². The number of amides is 3. The molecule has 1 atom stereocenters. The molecule has 2 rings (SSSR count). The molecule has 6 nitrogen and oxygen atoms in total. The Kier molecular flexibility index (Phi) is 3.62. The highest BCUT2D eigenvalue weighted by Gasteiger charge is 2.31. The van der Waals surface area contributed by atoms with E-state index >= 15 is 0 Å². The highest BCUT2D eigenvalue weighted by molar-refractivity contribution is 6.01. The molecule has 0 bridgehead atoms. The second kappa shape index (κ2) is 5.19. The Morgan fingerprint density at radius 2 is 2.11 bits per heavy atom. The second-order valence-electron chi connectivity index (χ2n) is 4.44.